The van der Waals surface area contributed by atoms with Gasteiger partial charge in [0.05, 0.1) is 17.8 Å². The second-order valence-corrected chi connectivity index (χ2v) is 6.71. The molecule has 7 nitrogen and oxygen atoms in total. The minimum absolute atomic E-state index is 0.0914. The van der Waals surface area contributed by atoms with E-state index < -0.39 is 0 Å². The number of aromatic nitrogens is 4. The lowest BCUT2D eigenvalue weighted by Gasteiger charge is -2.11. The van der Waals surface area contributed by atoms with Crippen molar-refractivity contribution in [2.45, 2.75) is 38.0 Å². The first-order valence-corrected chi connectivity index (χ1v) is 8.71. The number of furan rings is 1. The highest BCUT2D eigenvalue weighted by Crippen LogP contribution is 2.24. The molecule has 0 bridgehead atoms. The Morgan fingerprint density at radius 1 is 1.33 bits per heavy atom. The molecule has 1 unspecified atom stereocenters. The largest absolute Gasteiger partial charge is 0.459 e. The van der Waals surface area contributed by atoms with Crippen LogP contribution < -0.4 is 5.32 Å². The second kappa shape index (κ2) is 7.04. The first-order chi connectivity index (χ1) is 11.5. The van der Waals surface area contributed by atoms with Gasteiger partial charge in [-0.25, -0.2) is 4.68 Å². The fourth-order valence-electron chi connectivity index (χ4n) is 2.30. The number of benzene rings is 1. The van der Waals surface area contributed by atoms with Crippen LogP contribution >= 0.6 is 11.8 Å². The van der Waals surface area contributed by atoms with E-state index >= 15 is 0 Å². The Kier molecular flexibility index (Phi) is 4.84. The van der Waals surface area contributed by atoms with Crippen LogP contribution in [-0.2, 0) is 4.79 Å². The summed E-state index contributed by atoms with van der Waals surface area (Å²) in [5.74, 6) is 0.894. The van der Waals surface area contributed by atoms with Crippen LogP contribution in [0.25, 0.3) is 11.0 Å². The van der Waals surface area contributed by atoms with E-state index in [0.717, 1.165) is 16.7 Å². The topological polar surface area (TPSA) is 85.8 Å². The Balaban J connectivity index is 1.59. The number of hydrogen-bond acceptors (Lipinski definition) is 6. The minimum Gasteiger partial charge on any atom is -0.459 e. The lowest BCUT2D eigenvalue weighted by molar-refractivity contribution is -0.119. The fourth-order valence-corrected chi connectivity index (χ4v) is 3.12. The Hall–Kier alpha value is -2.35. The lowest BCUT2D eigenvalue weighted by atomic mass is 10.2. The molecule has 0 aliphatic heterocycles. The molecule has 0 saturated carbocycles. The van der Waals surface area contributed by atoms with Crippen LogP contribution in [-0.4, -0.2) is 31.9 Å². The molecule has 2 aromatic heterocycles. The molecule has 1 N–H and O–H groups in total. The molecule has 0 radical (unpaired) electrons. The van der Waals surface area contributed by atoms with Crippen molar-refractivity contribution < 1.29 is 9.21 Å². The Morgan fingerprint density at radius 3 is 2.88 bits per heavy atom. The van der Waals surface area contributed by atoms with E-state index in [0.29, 0.717) is 5.16 Å². The number of fused-ring (bicyclic) bond motifs is 1. The van der Waals surface area contributed by atoms with Crippen LogP contribution in [0, 0.1) is 0 Å². The molecule has 126 valence electrons. The monoisotopic (exact) mass is 345 g/mol. The number of carbonyl (C=O) groups excluding carboxylic acids is 1. The average Bonchev–Trinajstić information content (AvgIpc) is 3.19. The number of nitrogens with one attached hydrogen (secondary N) is 1. The molecule has 1 atom stereocenters. The number of nitrogens with zero attached hydrogens (tertiary/aromatic N) is 4. The molecule has 3 rings (SSSR count). The third-order valence-corrected chi connectivity index (χ3v) is 4.47. The summed E-state index contributed by atoms with van der Waals surface area (Å²) in [5.41, 5.74) is 0.819. The van der Waals surface area contributed by atoms with Crippen LogP contribution in [0.4, 0.5) is 0 Å². The molecule has 24 heavy (non-hydrogen) atoms. The molecule has 3 aromatic rings. The van der Waals surface area contributed by atoms with Crippen molar-refractivity contribution in [1.82, 2.24) is 25.5 Å². The highest BCUT2D eigenvalue weighted by molar-refractivity contribution is 7.99. The van der Waals surface area contributed by atoms with Gasteiger partial charge in [0.1, 0.15) is 11.3 Å². The molecule has 0 saturated heterocycles. The zero-order valence-corrected chi connectivity index (χ0v) is 14.6. The maximum Gasteiger partial charge on any atom is 0.231 e. The predicted molar refractivity (Wildman–Crippen MR) is 91.7 cm³/mol. The third kappa shape index (κ3) is 3.59. The number of para-hydroxylation sites is 1. The van der Waals surface area contributed by atoms with Gasteiger partial charge in [0.2, 0.25) is 11.1 Å². The number of carbonyl (C=O) groups is 1. The lowest BCUT2D eigenvalue weighted by Crippen LogP contribution is -2.28. The maximum absolute atomic E-state index is 12.2. The maximum atomic E-state index is 12.2. The van der Waals surface area contributed by atoms with Crippen molar-refractivity contribution in [2.75, 3.05) is 5.75 Å². The van der Waals surface area contributed by atoms with Gasteiger partial charge in [0, 0.05) is 5.39 Å². The zero-order chi connectivity index (χ0) is 17.1. The quantitative estimate of drug-likeness (QED) is 0.691. The van der Waals surface area contributed by atoms with Crippen molar-refractivity contribution in [3.8, 4) is 0 Å². The van der Waals surface area contributed by atoms with Gasteiger partial charge in [-0.15, -0.1) is 5.10 Å². The summed E-state index contributed by atoms with van der Waals surface area (Å²) < 4.78 is 7.47. The Morgan fingerprint density at radius 2 is 2.12 bits per heavy atom. The van der Waals surface area contributed by atoms with Crippen LogP contribution in [0.2, 0.25) is 0 Å². The van der Waals surface area contributed by atoms with Gasteiger partial charge in [-0.2, -0.15) is 0 Å². The van der Waals surface area contributed by atoms with E-state index in [1.165, 1.54) is 11.8 Å². The molecule has 2 heterocycles. The van der Waals surface area contributed by atoms with Crippen molar-refractivity contribution in [2.24, 2.45) is 0 Å². The van der Waals surface area contributed by atoms with E-state index in [-0.39, 0.29) is 23.7 Å². The highest BCUT2D eigenvalue weighted by atomic mass is 32.2. The molecule has 8 heteroatoms. The van der Waals surface area contributed by atoms with E-state index in [1.54, 1.807) is 4.68 Å². The molecule has 1 aromatic carbocycles. The second-order valence-electron chi connectivity index (χ2n) is 5.76. The zero-order valence-electron chi connectivity index (χ0n) is 13.8. The summed E-state index contributed by atoms with van der Waals surface area (Å²) in [6.45, 7) is 5.88. The number of hydrogen-bond donors (Lipinski definition) is 1. The van der Waals surface area contributed by atoms with E-state index in [9.17, 15) is 4.79 Å². The van der Waals surface area contributed by atoms with Crippen LogP contribution in [0.5, 0.6) is 0 Å². The molecule has 0 aliphatic rings. The summed E-state index contributed by atoms with van der Waals surface area (Å²) in [7, 11) is 0. The normalized spacial score (nSPS) is 12.7. The van der Waals surface area contributed by atoms with Gasteiger partial charge in [-0.1, -0.05) is 30.0 Å². The minimum atomic E-state index is -0.202. The predicted octanol–water partition coefficient (Wildman–Crippen LogP) is 2.97. The SMILES string of the molecule is CC(NC(=O)CSc1nnnn1C(C)C)c1cc2ccccc2o1. The van der Waals surface area contributed by atoms with Crippen LogP contribution in [0.3, 0.4) is 0 Å². The van der Waals surface area contributed by atoms with Crippen LogP contribution in [0.15, 0.2) is 39.9 Å². The van der Waals surface area contributed by atoms with Crippen molar-refractivity contribution >= 4 is 28.6 Å². The molecular formula is C16H19N5O2S. The van der Waals surface area contributed by atoms with Gasteiger partial charge in [0.15, 0.2) is 0 Å². The number of thioether (sulfide) groups is 1. The van der Waals surface area contributed by atoms with Gasteiger partial charge in [0.25, 0.3) is 0 Å². The third-order valence-electron chi connectivity index (χ3n) is 3.53. The fraction of sp³-hybridized carbons (Fsp3) is 0.375. The first kappa shape index (κ1) is 16.5. The summed E-state index contributed by atoms with van der Waals surface area (Å²) in [4.78, 5) is 12.2. The highest BCUT2D eigenvalue weighted by Gasteiger charge is 2.16. The van der Waals surface area contributed by atoms with Crippen molar-refractivity contribution in [3.05, 3.63) is 36.1 Å². The average molecular weight is 345 g/mol. The van der Waals surface area contributed by atoms with E-state index in [1.807, 2.05) is 51.1 Å². The van der Waals surface area contributed by atoms with E-state index in [4.69, 9.17) is 4.42 Å². The first-order valence-electron chi connectivity index (χ1n) is 7.73. The van der Waals surface area contributed by atoms with Gasteiger partial charge >= 0.3 is 0 Å². The van der Waals surface area contributed by atoms with Gasteiger partial charge in [-0.3, -0.25) is 4.79 Å². The molecule has 0 fully saturated rings. The van der Waals surface area contributed by atoms with Gasteiger partial charge < -0.3 is 9.73 Å². The number of rotatable bonds is 6. The van der Waals surface area contributed by atoms with Gasteiger partial charge in [-0.05, 0) is 43.3 Å². The molecule has 0 aliphatic carbocycles. The summed E-state index contributed by atoms with van der Waals surface area (Å²) in [5, 5.41) is 16.1. The summed E-state index contributed by atoms with van der Waals surface area (Å²) in [6, 6.07) is 9.68. The Bertz CT molecular complexity index is 809. The van der Waals surface area contributed by atoms with E-state index in [2.05, 4.69) is 20.8 Å². The van der Waals surface area contributed by atoms with Crippen molar-refractivity contribution in [1.29, 1.82) is 0 Å². The number of tetrazole rings is 1. The van der Waals surface area contributed by atoms with Crippen LogP contribution in [0.1, 0.15) is 38.6 Å². The smallest absolute Gasteiger partial charge is 0.231 e. The molecule has 1 amide bonds. The molecular weight excluding hydrogens is 326 g/mol. The summed E-state index contributed by atoms with van der Waals surface area (Å²) in [6.07, 6.45) is 0. The summed E-state index contributed by atoms with van der Waals surface area (Å²) >= 11 is 1.32. The standard InChI is InChI=1S/C16H19N5O2S/c1-10(2)21-16(18-19-20-21)24-9-15(22)17-11(3)14-8-12-6-4-5-7-13(12)23-14/h4-8,10-11H,9H2,1-3H3,(H,17,22). The van der Waals surface area contributed by atoms with Crippen molar-refractivity contribution in [3.63, 3.8) is 0 Å². The molecule has 0 spiro atoms. The number of amides is 1. The Labute approximate surface area is 143 Å².